The fourth-order valence-corrected chi connectivity index (χ4v) is 1.29. The van der Waals surface area contributed by atoms with Crippen LogP contribution >= 0.6 is 0 Å². The van der Waals surface area contributed by atoms with Gasteiger partial charge in [0.15, 0.2) is 0 Å². The zero-order valence-electron chi connectivity index (χ0n) is 9.52. The van der Waals surface area contributed by atoms with Crippen molar-refractivity contribution in [3.8, 4) is 5.75 Å². The van der Waals surface area contributed by atoms with Crippen molar-refractivity contribution < 1.29 is 19.7 Å². The topological polar surface area (TPSA) is 90.6 Å². The number of carbonyl (C=O) groups is 1. The van der Waals surface area contributed by atoms with E-state index >= 15 is 0 Å². The second-order valence-electron chi connectivity index (χ2n) is 3.39. The number of methoxy groups -OCH3 is 1. The number of aliphatic hydroxyl groups is 1. The smallest absolute Gasteiger partial charge is 0.343 e. The van der Waals surface area contributed by atoms with Crippen molar-refractivity contribution in [2.75, 3.05) is 7.11 Å². The molecule has 5 nitrogen and oxygen atoms in total. The molecule has 5 heteroatoms. The summed E-state index contributed by atoms with van der Waals surface area (Å²) in [6.45, 7) is 1.38. The van der Waals surface area contributed by atoms with Crippen molar-refractivity contribution >= 4 is 17.4 Å². The maximum atomic E-state index is 11.4. The number of esters is 1. The van der Waals surface area contributed by atoms with Crippen LogP contribution in [-0.2, 0) is 9.53 Å². The Morgan fingerprint density at radius 1 is 1.29 bits per heavy atom. The Bertz CT molecular complexity index is 474. The molecule has 0 aromatic heterocycles. The third kappa shape index (κ3) is 2.84. The van der Waals surface area contributed by atoms with Crippen LogP contribution in [-0.4, -0.2) is 29.0 Å². The van der Waals surface area contributed by atoms with E-state index in [4.69, 9.17) is 10.5 Å². The van der Waals surface area contributed by atoms with E-state index in [9.17, 15) is 9.90 Å². The summed E-state index contributed by atoms with van der Waals surface area (Å²) in [6.07, 6.45) is 0. The van der Waals surface area contributed by atoms with Gasteiger partial charge >= 0.3 is 5.97 Å². The van der Waals surface area contributed by atoms with Crippen LogP contribution in [0.5, 0.6) is 5.75 Å². The molecule has 0 aliphatic carbocycles. The summed E-state index contributed by atoms with van der Waals surface area (Å²) in [5.41, 5.74) is 0.0374. The predicted octanol–water partition coefficient (Wildman–Crippen LogP) is 1.87. The molecule has 0 unspecified atom stereocenters. The highest BCUT2D eigenvalue weighted by atomic mass is 16.5. The first kappa shape index (κ1) is 12.8. The number of hydrogen-bond acceptors (Lipinski definition) is 5. The molecule has 17 heavy (non-hydrogen) atoms. The molecule has 0 saturated carbocycles. The Labute approximate surface area is 98.5 Å². The first-order chi connectivity index (χ1) is 7.97. The standard InChI is InChI=1S/C12H13NO4/c1-7(13)10(12(16)17-2)11(15)8-3-5-9(14)6-4-8/h3-6,13-15H,1-2H3/b11-10+,13-7?. The van der Waals surface area contributed by atoms with E-state index in [2.05, 4.69) is 4.74 Å². The summed E-state index contributed by atoms with van der Waals surface area (Å²) in [4.78, 5) is 11.4. The van der Waals surface area contributed by atoms with Gasteiger partial charge in [-0.15, -0.1) is 0 Å². The van der Waals surface area contributed by atoms with Crippen LogP contribution in [0.15, 0.2) is 29.8 Å². The lowest BCUT2D eigenvalue weighted by atomic mass is 10.1. The summed E-state index contributed by atoms with van der Waals surface area (Å²) in [7, 11) is 1.18. The van der Waals surface area contributed by atoms with E-state index in [1.54, 1.807) is 0 Å². The summed E-state index contributed by atoms with van der Waals surface area (Å²) >= 11 is 0. The van der Waals surface area contributed by atoms with Crippen molar-refractivity contribution in [3.05, 3.63) is 35.4 Å². The van der Waals surface area contributed by atoms with Crippen LogP contribution in [0.1, 0.15) is 12.5 Å². The van der Waals surface area contributed by atoms with Crippen LogP contribution in [0, 0.1) is 5.41 Å². The highest BCUT2D eigenvalue weighted by Crippen LogP contribution is 2.20. The number of phenolic OH excluding ortho intramolecular Hbond substituents is 1. The van der Waals surface area contributed by atoms with Crippen molar-refractivity contribution in [3.63, 3.8) is 0 Å². The zero-order chi connectivity index (χ0) is 13.0. The van der Waals surface area contributed by atoms with Gasteiger partial charge in [-0.3, -0.25) is 0 Å². The quantitative estimate of drug-likeness (QED) is 0.323. The van der Waals surface area contributed by atoms with E-state index in [0.717, 1.165) is 0 Å². The Morgan fingerprint density at radius 3 is 2.24 bits per heavy atom. The first-order valence-corrected chi connectivity index (χ1v) is 4.84. The van der Waals surface area contributed by atoms with E-state index in [1.807, 2.05) is 0 Å². The Hall–Kier alpha value is -2.30. The molecule has 3 N–H and O–H groups in total. The van der Waals surface area contributed by atoms with Gasteiger partial charge in [-0.05, 0) is 31.2 Å². The van der Waals surface area contributed by atoms with Gasteiger partial charge in [0.2, 0.25) is 0 Å². The number of ether oxygens (including phenoxy) is 1. The van der Waals surface area contributed by atoms with Gasteiger partial charge in [-0.2, -0.15) is 0 Å². The molecule has 90 valence electrons. The minimum absolute atomic E-state index is 0.0488. The molecule has 0 atom stereocenters. The van der Waals surface area contributed by atoms with Gasteiger partial charge in [0, 0.05) is 11.3 Å². The normalized spacial score (nSPS) is 11.6. The Kier molecular flexibility index (Phi) is 3.87. The fourth-order valence-electron chi connectivity index (χ4n) is 1.29. The number of aliphatic hydroxyl groups excluding tert-OH is 1. The summed E-state index contributed by atoms with van der Waals surface area (Å²) < 4.78 is 4.49. The van der Waals surface area contributed by atoms with Crippen molar-refractivity contribution in [1.82, 2.24) is 0 Å². The van der Waals surface area contributed by atoms with E-state index in [0.29, 0.717) is 5.56 Å². The Morgan fingerprint density at radius 2 is 1.82 bits per heavy atom. The molecule has 0 radical (unpaired) electrons. The minimum atomic E-state index is -0.775. The maximum Gasteiger partial charge on any atom is 0.343 e. The molecule has 1 rings (SSSR count). The maximum absolute atomic E-state index is 11.4. The molecule has 0 fully saturated rings. The highest BCUT2D eigenvalue weighted by molar-refractivity contribution is 6.22. The second-order valence-corrected chi connectivity index (χ2v) is 3.39. The number of aromatic hydroxyl groups is 1. The molecule has 1 aromatic carbocycles. The van der Waals surface area contributed by atoms with Crippen LogP contribution in [0.3, 0.4) is 0 Å². The third-order valence-corrected chi connectivity index (χ3v) is 2.14. The molecule has 0 aliphatic heterocycles. The molecule has 0 bridgehead atoms. The predicted molar refractivity (Wildman–Crippen MR) is 63.1 cm³/mol. The molecule has 0 aliphatic rings. The average Bonchev–Trinajstić information content (AvgIpc) is 2.29. The highest BCUT2D eigenvalue weighted by Gasteiger charge is 2.19. The number of nitrogens with one attached hydrogen (secondary N) is 1. The largest absolute Gasteiger partial charge is 0.508 e. The number of hydrogen-bond donors (Lipinski definition) is 3. The number of benzene rings is 1. The lowest BCUT2D eigenvalue weighted by Gasteiger charge is -2.08. The van der Waals surface area contributed by atoms with Gasteiger partial charge in [-0.25, -0.2) is 4.79 Å². The average molecular weight is 235 g/mol. The van der Waals surface area contributed by atoms with Gasteiger partial charge in [0.05, 0.1) is 7.11 Å². The molecule has 0 heterocycles. The van der Waals surface area contributed by atoms with Gasteiger partial charge in [-0.1, -0.05) is 0 Å². The minimum Gasteiger partial charge on any atom is -0.508 e. The van der Waals surface area contributed by atoms with Crippen molar-refractivity contribution in [1.29, 1.82) is 5.41 Å². The number of carbonyl (C=O) groups excluding carboxylic acids is 1. The second kappa shape index (κ2) is 5.16. The van der Waals surface area contributed by atoms with E-state index in [-0.39, 0.29) is 22.8 Å². The molecule has 0 amide bonds. The number of phenols is 1. The Balaban J connectivity index is 3.29. The summed E-state index contributed by atoms with van der Waals surface area (Å²) in [5.74, 6) is -1.07. The van der Waals surface area contributed by atoms with Gasteiger partial charge in [0.1, 0.15) is 17.1 Å². The monoisotopic (exact) mass is 235 g/mol. The molecule has 0 saturated heterocycles. The lowest BCUT2D eigenvalue weighted by Crippen LogP contribution is -2.13. The lowest BCUT2D eigenvalue weighted by molar-refractivity contribution is -0.135. The van der Waals surface area contributed by atoms with Crippen LogP contribution in [0.2, 0.25) is 0 Å². The molecular formula is C12H13NO4. The SMILES string of the molecule is COC(=O)/C(C(C)=N)=C(/O)c1ccc(O)cc1. The molecular weight excluding hydrogens is 222 g/mol. The molecule has 1 aromatic rings. The van der Waals surface area contributed by atoms with Crippen LogP contribution in [0.25, 0.3) is 5.76 Å². The van der Waals surface area contributed by atoms with Gasteiger partial charge < -0.3 is 20.4 Å². The summed E-state index contributed by atoms with van der Waals surface area (Å²) in [5, 5.41) is 26.4. The zero-order valence-corrected chi connectivity index (χ0v) is 9.52. The van der Waals surface area contributed by atoms with Crippen molar-refractivity contribution in [2.45, 2.75) is 6.92 Å². The third-order valence-electron chi connectivity index (χ3n) is 2.14. The molecule has 0 spiro atoms. The number of rotatable bonds is 3. The van der Waals surface area contributed by atoms with E-state index < -0.39 is 5.97 Å². The van der Waals surface area contributed by atoms with Gasteiger partial charge in [0.25, 0.3) is 0 Å². The van der Waals surface area contributed by atoms with Crippen LogP contribution in [0.4, 0.5) is 0 Å². The van der Waals surface area contributed by atoms with Crippen molar-refractivity contribution in [2.24, 2.45) is 0 Å². The summed E-state index contributed by atoms with van der Waals surface area (Å²) in [6, 6.07) is 5.63. The fraction of sp³-hybridized carbons (Fsp3) is 0.167. The van der Waals surface area contributed by atoms with Crippen LogP contribution < -0.4 is 0 Å². The first-order valence-electron chi connectivity index (χ1n) is 4.84. The van der Waals surface area contributed by atoms with E-state index in [1.165, 1.54) is 38.3 Å².